The summed E-state index contributed by atoms with van der Waals surface area (Å²) in [6, 6.07) is 12.1. The fourth-order valence-corrected chi connectivity index (χ4v) is 1.66. The Hall–Kier alpha value is -2.01. The lowest BCUT2D eigenvalue weighted by Crippen LogP contribution is -2.06. The van der Waals surface area contributed by atoms with E-state index in [1.165, 1.54) is 6.07 Å². The molecule has 0 spiro atoms. The van der Waals surface area contributed by atoms with Crippen molar-refractivity contribution in [3.8, 4) is 11.1 Å². The van der Waals surface area contributed by atoms with Crippen molar-refractivity contribution in [3.63, 3.8) is 0 Å². The quantitative estimate of drug-likeness (QED) is 0.632. The van der Waals surface area contributed by atoms with Gasteiger partial charge >= 0.3 is 6.18 Å². The van der Waals surface area contributed by atoms with Crippen LogP contribution in [-0.2, 0) is 6.18 Å². The number of nitrogens with one attached hydrogen (secondary N) is 1. The molecule has 0 aliphatic carbocycles. The van der Waals surface area contributed by atoms with E-state index in [1.807, 2.05) is 0 Å². The van der Waals surface area contributed by atoms with Crippen molar-refractivity contribution in [3.05, 3.63) is 54.1 Å². The van der Waals surface area contributed by atoms with Crippen LogP contribution in [0.3, 0.4) is 0 Å². The molecule has 0 radical (unpaired) electrons. The number of benzene rings is 2. The maximum atomic E-state index is 12.6. The highest BCUT2D eigenvalue weighted by atomic mass is 19.4. The third-order valence-electron chi connectivity index (χ3n) is 2.55. The van der Waals surface area contributed by atoms with Crippen LogP contribution in [-0.4, -0.2) is 0 Å². The molecular formula is C13H11F3N2. The van der Waals surface area contributed by atoms with Crippen molar-refractivity contribution >= 4 is 5.69 Å². The van der Waals surface area contributed by atoms with Gasteiger partial charge in [0.2, 0.25) is 0 Å². The van der Waals surface area contributed by atoms with Crippen molar-refractivity contribution < 1.29 is 13.2 Å². The van der Waals surface area contributed by atoms with E-state index < -0.39 is 11.7 Å². The Morgan fingerprint density at radius 3 is 2.11 bits per heavy atom. The summed E-state index contributed by atoms with van der Waals surface area (Å²) in [4.78, 5) is 0. The van der Waals surface area contributed by atoms with Crippen molar-refractivity contribution in [1.29, 1.82) is 0 Å². The molecule has 0 aliphatic heterocycles. The number of nitrogens with two attached hydrogens (primary N) is 1. The summed E-state index contributed by atoms with van der Waals surface area (Å²) in [5.41, 5.74) is 3.62. The molecule has 0 fully saturated rings. The molecule has 0 atom stereocenters. The van der Waals surface area contributed by atoms with E-state index in [0.29, 0.717) is 16.8 Å². The maximum Gasteiger partial charge on any atom is 0.416 e. The summed E-state index contributed by atoms with van der Waals surface area (Å²) in [5, 5.41) is 0. The lowest BCUT2D eigenvalue weighted by atomic mass is 10.0. The minimum atomic E-state index is -4.33. The van der Waals surface area contributed by atoms with Crippen molar-refractivity contribution in [2.24, 2.45) is 5.84 Å². The van der Waals surface area contributed by atoms with Gasteiger partial charge < -0.3 is 5.43 Å². The van der Waals surface area contributed by atoms with Gasteiger partial charge in [0, 0.05) is 5.69 Å². The molecule has 0 aliphatic rings. The van der Waals surface area contributed by atoms with Gasteiger partial charge in [0.1, 0.15) is 0 Å². The zero-order valence-electron chi connectivity index (χ0n) is 9.33. The average molecular weight is 252 g/mol. The van der Waals surface area contributed by atoms with Gasteiger partial charge in [-0.2, -0.15) is 13.2 Å². The normalized spacial score (nSPS) is 11.3. The van der Waals surface area contributed by atoms with E-state index >= 15 is 0 Å². The summed E-state index contributed by atoms with van der Waals surface area (Å²) in [6.07, 6.45) is -4.33. The lowest BCUT2D eigenvalue weighted by Gasteiger charge is -2.09. The molecule has 0 unspecified atom stereocenters. The highest BCUT2D eigenvalue weighted by Crippen LogP contribution is 2.32. The number of anilines is 1. The summed E-state index contributed by atoms with van der Waals surface area (Å²) >= 11 is 0. The lowest BCUT2D eigenvalue weighted by molar-refractivity contribution is -0.137. The molecule has 0 heterocycles. The van der Waals surface area contributed by atoms with Gasteiger partial charge in [0.25, 0.3) is 0 Å². The second-order valence-corrected chi connectivity index (χ2v) is 3.80. The smallest absolute Gasteiger partial charge is 0.324 e. The first kappa shape index (κ1) is 12.4. The van der Waals surface area contributed by atoms with Crippen LogP contribution in [0, 0.1) is 0 Å². The van der Waals surface area contributed by atoms with E-state index in [4.69, 9.17) is 5.84 Å². The number of hydrazine groups is 1. The Morgan fingerprint density at radius 1 is 0.889 bits per heavy atom. The summed E-state index contributed by atoms with van der Waals surface area (Å²) < 4.78 is 37.8. The molecule has 2 rings (SSSR count). The topological polar surface area (TPSA) is 38.0 Å². The molecule has 2 nitrogen and oxygen atoms in total. The summed E-state index contributed by atoms with van der Waals surface area (Å²) in [5.74, 6) is 5.27. The number of halogens is 3. The van der Waals surface area contributed by atoms with E-state index in [1.54, 1.807) is 30.3 Å². The van der Waals surface area contributed by atoms with Gasteiger partial charge in [-0.15, -0.1) is 0 Å². The van der Waals surface area contributed by atoms with Gasteiger partial charge in [0.05, 0.1) is 5.56 Å². The number of hydrogen-bond acceptors (Lipinski definition) is 2. The molecular weight excluding hydrogens is 241 g/mol. The highest BCUT2D eigenvalue weighted by Gasteiger charge is 2.30. The Balaban J connectivity index is 2.44. The Bertz CT molecular complexity index is 550. The van der Waals surface area contributed by atoms with Crippen LogP contribution in [0.2, 0.25) is 0 Å². The summed E-state index contributed by atoms with van der Waals surface area (Å²) in [7, 11) is 0. The van der Waals surface area contributed by atoms with Gasteiger partial charge in [-0.05, 0) is 35.4 Å². The van der Waals surface area contributed by atoms with Crippen LogP contribution in [0.4, 0.5) is 18.9 Å². The standard InChI is InChI=1S/C13H11F3N2/c14-13(15,16)11-5-1-3-9(7-11)10-4-2-6-12(8-10)18-17/h1-8,18H,17H2. The third-order valence-corrected chi connectivity index (χ3v) is 2.55. The van der Waals surface area contributed by atoms with Gasteiger partial charge in [0.15, 0.2) is 0 Å². The monoisotopic (exact) mass is 252 g/mol. The Morgan fingerprint density at radius 2 is 1.50 bits per heavy atom. The molecule has 2 aromatic rings. The van der Waals surface area contributed by atoms with E-state index in [2.05, 4.69) is 5.43 Å². The zero-order chi connectivity index (χ0) is 13.2. The van der Waals surface area contributed by atoms with Crippen LogP contribution < -0.4 is 11.3 Å². The van der Waals surface area contributed by atoms with Crippen LogP contribution in [0.15, 0.2) is 48.5 Å². The van der Waals surface area contributed by atoms with Crippen molar-refractivity contribution in [2.45, 2.75) is 6.18 Å². The third kappa shape index (κ3) is 2.62. The fraction of sp³-hybridized carbons (Fsp3) is 0.0769. The van der Waals surface area contributed by atoms with Crippen molar-refractivity contribution in [2.75, 3.05) is 5.43 Å². The Kier molecular flexibility index (Phi) is 3.25. The number of alkyl halides is 3. The minimum Gasteiger partial charge on any atom is -0.324 e. The number of rotatable bonds is 2. The molecule has 2 aromatic carbocycles. The number of hydrogen-bond donors (Lipinski definition) is 2. The van der Waals surface area contributed by atoms with Crippen LogP contribution >= 0.6 is 0 Å². The van der Waals surface area contributed by atoms with Crippen LogP contribution in [0.25, 0.3) is 11.1 Å². The first-order valence-electron chi connectivity index (χ1n) is 5.25. The minimum absolute atomic E-state index is 0.502. The predicted octanol–water partition coefficient (Wildman–Crippen LogP) is 3.66. The molecule has 0 aromatic heterocycles. The molecule has 0 bridgehead atoms. The fourth-order valence-electron chi connectivity index (χ4n) is 1.66. The first-order chi connectivity index (χ1) is 8.50. The Labute approximate surface area is 102 Å². The van der Waals surface area contributed by atoms with Gasteiger partial charge in [-0.1, -0.05) is 24.3 Å². The molecule has 0 amide bonds. The zero-order valence-corrected chi connectivity index (χ0v) is 9.33. The molecule has 5 heteroatoms. The second kappa shape index (κ2) is 4.70. The first-order valence-corrected chi connectivity index (χ1v) is 5.25. The van der Waals surface area contributed by atoms with E-state index in [9.17, 15) is 13.2 Å². The SMILES string of the molecule is NNc1cccc(-c2cccc(C(F)(F)F)c2)c1. The molecule has 0 saturated carbocycles. The highest BCUT2D eigenvalue weighted by molar-refractivity contribution is 5.68. The van der Waals surface area contributed by atoms with Crippen LogP contribution in [0.5, 0.6) is 0 Å². The van der Waals surface area contributed by atoms with Crippen LogP contribution in [0.1, 0.15) is 5.56 Å². The maximum absolute atomic E-state index is 12.6. The largest absolute Gasteiger partial charge is 0.416 e. The van der Waals surface area contributed by atoms with E-state index in [0.717, 1.165) is 12.1 Å². The second-order valence-electron chi connectivity index (χ2n) is 3.80. The number of nitrogen functional groups attached to an aromatic ring is 1. The average Bonchev–Trinajstić information content (AvgIpc) is 2.38. The summed E-state index contributed by atoms with van der Waals surface area (Å²) in [6.45, 7) is 0. The van der Waals surface area contributed by atoms with Crippen molar-refractivity contribution in [1.82, 2.24) is 0 Å². The predicted molar refractivity (Wildman–Crippen MR) is 64.7 cm³/mol. The molecule has 3 N–H and O–H groups in total. The molecule has 18 heavy (non-hydrogen) atoms. The van der Waals surface area contributed by atoms with Gasteiger partial charge in [-0.25, -0.2) is 0 Å². The molecule has 94 valence electrons. The van der Waals surface area contributed by atoms with Gasteiger partial charge in [-0.3, -0.25) is 5.84 Å². The van der Waals surface area contributed by atoms with E-state index in [-0.39, 0.29) is 0 Å². The molecule has 0 saturated heterocycles.